The highest BCUT2D eigenvalue weighted by molar-refractivity contribution is 5.70. The number of carbonyl (C=O) groups is 1. The van der Waals surface area contributed by atoms with Gasteiger partial charge in [-0.25, -0.2) is 0 Å². The topological polar surface area (TPSA) is 58.9 Å². The first kappa shape index (κ1) is 15.9. The smallest absolute Gasteiger partial charge is 0.302 e. The predicted octanol–water partition coefficient (Wildman–Crippen LogP) is 3.14. The number of rotatable bonds is 1. The molecule has 0 aromatic carbocycles. The van der Waals surface area contributed by atoms with Crippen molar-refractivity contribution in [2.75, 3.05) is 0 Å². The first-order valence-corrected chi connectivity index (χ1v) is 10.4. The van der Waals surface area contributed by atoms with Crippen LogP contribution < -0.4 is 0 Å². The number of hydrogen-bond acceptors (Lipinski definition) is 4. The summed E-state index contributed by atoms with van der Waals surface area (Å²) >= 11 is 0. The van der Waals surface area contributed by atoms with Crippen molar-refractivity contribution in [3.8, 4) is 0 Å². The summed E-state index contributed by atoms with van der Waals surface area (Å²) in [6.07, 6.45) is 8.28. The summed E-state index contributed by atoms with van der Waals surface area (Å²) in [5.74, 6) is 1.48. The van der Waals surface area contributed by atoms with E-state index in [2.05, 4.69) is 19.7 Å². The summed E-state index contributed by atoms with van der Waals surface area (Å²) < 4.78 is 6.01. The van der Waals surface area contributed by atoms with Gasteiger partial charge in [-0.1, -0.05) is 19.9 Å². The maximum absolute atomic E-state index is 12.0. The minimum Gasteiger partial charge on any atom is -0.462 e. The zero-order valence-electron chi connectivity index (χ0n) is 15.8. The highest BCUT2D eigenvalue weighted by Crippen LogP contribution is 2.82. The van der Waals surface area contributed by atoms with Crippen molar-refractivity contribution >= 4 is 12.2 Å². The van der Waals surface area contributed by atoms with Gasteiger partial charge in [-0.05, 0) is 61.3 Å². The van der Waals surface area contributed by atoms with Crippen LogP contribution in [0.5, 0.6) is 0 Å². The molecule has 6 fully saturated rings. The van der Waals surface area contributed by atoms with Gasteiger partial charge in [-0.15, -0.1) is 0 Å². The van der Waals surface area contributed by atoms with Gasteiger partial charge in [0.05, 0.1) is 12.1 Å². The highest BCUT2D eigenvalue weighted by atomic mass is 16.5. The Hall–Kier alpha value is -1.16. The fraction of sp³-hybridized carbons (Fsp3) is 0.818. The fourth-order valence-electron chi connectivity index (χ4n) is 9.32. The molecule has 0 radical (unpaired) electrons. The molecule has 4 heteroatoms. The van der Waals surface area contributed by atoms with E-state index in [0.29, 0.717) is 29.7 Å². The standard InChI is InChI=1S/C22H29NO3/c1-11-13-7-14-18-21-6-4-5-20(3,10-23-18)15(21)9-17(26-12(2)24)22(14,19(11)25)16(21)8-13/h10,13-19,25H,1,4-9H2,2-3H3/t13-,14?,15+,16-,17+,18?,19+,20-,21-,22+/m0/s1. The van der Waals surface area contributed by atoms with Crippen molar-refractivity contribution in [3.05, 3.63) is 12.2 Å². The monoisotopic (exact) mass is 355 g/mol. The van der Waals surface area contributed by atoms with E-state index in [9.17, 15) is 9.90 Å². The molecule has 0 aromatic heterocycles. The van der Waals surface area contributed by atoms with Crippen LogP contribution in [-0.4, -0.2) is 35.5 Å². The van der Waals surface area contributed by atoms with Crippen molar-refractivity contribution in [1.29, 1.82) is 0 Å². The number of aliphatic hydroxyl groups excluding tert-OH is 1. The summed E-state index contributed by atoms with van der Waals surface area (Å²) in [5, 5.41) is 11.5. The molecule has 6 saturated carbocycles. The summed E-state index contributed by atoms with van der Waals surface area (Å²) in [4.78, 5) is 17.2. The summed E-state index contributed by atoms with van der Waals surface area (Å²) in [5.41, 5.74) is 0.969. The summed E-state index contributed by atoms with van der Waals surface area (Å²) in [6, 6.07) is 0.305. The lowest BCUT2D eigenvalue weighted by molar-refractivity contribution is -0.229. The Morgan fingerprint density at radius 1 is 1.31 bits per heavy atom. The Kier molecular flexibility index (Phi) is 2.72. The number of hydrogen-bond donors (Lipinski definition) is 1. The molecule has 140 valence electrons. The third-order valence-corrected chi connectivity index (χ3v) is 9.85. The number of ether oxygens (including phenoxy) is 1. The van der Waals surface area contributed by atoms with Gasteiger partial charge in [0.1, 0.15) is 6.10 Å². The molecule has 26 heavy (non-hydrogen) atoms. The second-order valence-corrected chi connectivity index (χ2v) is 10.4. The first-order chi connectivity index (χ1) is 12.4. The number of aliphatic imine (C=N–C) groups is 1. The lowest BCUT2D eigenvalue weighted by Gasteiger charge is -2.67. The van der Waals surface area contributed by atoms with Gasteiger partial charge >= 0.3 is 5.97 Å². The fourth-order valence-corrected chi connectivity index (χ4v) is 9.32. The molecule has 10 atom stereocenters. The third kappa shape index (κ3) is 1.38. The van der Waals surface area contributed by atoms with Gasteiger partial charge in [-0.3, -0.25) is 9.79 Å². The van der Waals surface area contributed by atoms with Gasteiger partial charge in [-0.2, -0.15) is 0 Å². The molecular formula is C22H29NO3. The van der Waals surface area contributed by atoms with Crippen molar-refractivity contribution in [1.82, 2.24) is 0 Å². The summed E-state index contributed by atoms with van der Waals surface area (Å²) in [7, 11) is 0. The molecule has 2 unspecified atom stereocenters. The average molecular weight is 355 g/mol. The van der Waals surface area contributed by atoms with E-state index in [0.717, 1.165) is 24.8 Å². The van der Waals surface area contributed by atoms with Crippen LogP contribution in [0.1, 0.15) is 52.4 Å². The molecule has 7 aliphatic rings. The second kappa shape index (κ2) is 4.45. The molecule has 1 N–H and O–H groups in total. The van der Waals surface area contributed by atoms with E-state index in [1.807, 2.05) is 0 Å². The van der Waals surface area contributed by atoms with E-state index in [-0.39, 0.29) is 28.3 Å². The molecule has 1 heterocycles. The largest absolute Gasteiger partial charge is 0.462 e. The van der Waals surface area contributed by atoms with Crippen LogP contribution >= 0.6 is 0 Å². The Labute approximate surface area is 155 Å². The van der Waals surface area contributed by atoms with Crippen LogP contribution in [0.25, 0.3) is 0 Å². The Bertz CT molecular complexity index is 760. The lowest BCUT2D eigenvalue weighted by atomic mass is 9.39. The molecule has 6 bridgehead atoms. The minimum absolute atomic E-state index is 0.118. The Balaban J connectivity index is 1.62. The van der Waals surface area contributed by atoms with Crippen LogP contribution in [0.15, 0.2) is 17.1 Å². The molecule has 7 rings (SSSR count). The van der Waals surface area contributed by atoms with Crippen LogP contribution in [-0.2, 0) is 9.53 Å². The lowest BCUT2D eigenvalue weighted by Crippen LogP contribution is -2.68. The maximum Gasteiger partial charge on any atom is 0.302 e. The molecule has 6 aliphatic carbocycles. The SMILES string of the molecule is C=C1[C@H]2CC3C4N=C[C@]5(C)CCC[C@]46[C@H](C2)[C@@]3([C@@H]1O)[C@H](OC(C)=O)C[C@@H]65. The Morgan fingerprint density at radius 3 is 2.88 bits per heavy atom. The van der Waals surface area contributed by atoms with E-state index < -0.39 is 6.10 Å². The predicted molar refractivity (Wildman–Crippen MR) is 97.6 cm³/mol. The molecule has 2 spiro atoms. The highest BCUT2D eigenvalue weighted by Gasteiger charge is 2.83. The zero-order valence-corrected chi connectivity index (χ0v) is 15.8. The van der Waals surface area contributed by atoms with Crippen molar-refractivity contribution < 1.29 is 14.6 Å². The summed E-state index contributed by atoms with van der Waals surface area (Å²) in [6.45, 7) is 8.17. The maximum atomic E-state index is 12.0. The number of carbonyl (C=O) groups excluding carboxylic acids is 1. The number of aliphatic hydroxyl groups is 1. The van der Waals surface area contributed by atoms with Crippen molar-refractivity contribution in [2.24, 2.45) is 44.9 Å². The second-order valence-electron chi connectivity index (χ2n) is 10.4. The van der Waals surface area contributed by atoms with Crippen molar-refractivity contribution in [2.45, 2.75) is 70.6 Å². The van der Waals surface area contributed by atoms with Crippen LogP contribution in [0.2, 0.25) is 0 Å². The molecule has 0 aromatic rings. The quantitative estimate of drug-likeness (QED) is 0.581. The zero-order chi connectivity index (χ0) is 18.1. The Morgan fingerprint density at radius 2 is 2.12 bits per heavy atom. The van der Waals surface area contributed by atoms with Crippen LogP contribution in [0.3, 0.4) is 0 Å². The molecule has 4 nitrogen and oxygen atoms in total. The molecule has 1 aliphatic heterocycles. The van der Waals surface area contributed by atoms with Crippen LogP contribution in [0.4, 0.5) is 0 Å². The molecule has 0 amide bonds. The van der Waals surface area contributed by atoms with Gasteiger partial charge in [0, 0.05) is 29.4 Å². The first-order valence-electron chi connectivity index (χ1n) is 10.4. The van der Waals surface area contributed by atoms with E-state index in [1.165, 1.54) is 26.2 Å². The number of esters is 1. The average Bonchev–Trinajstić information content (AvgIpc) is 2.68. The van der Waals surface area contributed by atoms with Crippen LogP contribution in [0, 0.1) is 39.9 Å². The minimum atomic E-state index is -0.543. The molecular weight excluding hydrogens is 326 g/mol. The normalized spacial score (nSPS) is 60.9. The molecule has 0 saturated heterocycles. The van der Waals surface area contributed by atoms with Gasteiger partial charge < -0.3 is 9.84 Å². The number of nitrogens with zero attached hydrogens (tertiary/aromatic N) is 1. The van der Waals surface area contributed by atoms with E-state index >= 15 is 0 Å². The third-order valence-electron chi connectivity index (χ3n) is 9.85. The van der Waals surface area contributed by atoms with E-state index in [1.54, 1.807) is 0 Å². The number of fused-ring (bicyclic) bond motifs is 1. The van der Waals surface area contributed by atoms with Gasteiger partial charge in [0.2, 0.25) is 0 Å². The van der Waals surface area contributed by atoms with Crippen molar-refractivity contribution in [3.63, 3.8) is 0 Å². The van der Waals surface area contributed by atoms with E-state index in [4.69, 9.17) is 9.73 Å². The van der Waals surface area contributed by atoms with Gasteiger partial charge in [0.25, 0.3) is 0 Å². The van der Waals surface area contributed by atoms with Gasteiger partial charge in [0.15, 0.2) is 0 Å².